The molecule has 0 fully saturated rings. The minimum Gasteiger partial charge on any atom is -0.388 e. The summed E-state index contributed by atoms with van der Waals surface area (Å²) in [6, 6.07) is 0. The summed E-state index contributed by atoms with van der Waals surface area (Å²) in [6.07, 6.45) is 0. The van der Waals surface area contributed by atoms with Crippen molar-refractivity contribution >= 4 is 33.7 Å². The van der Waals surface area contributed by atoms with Crippen molar-refractivity contribution < 1.29 is 0 Å². The van der Waals surface area contributed by atoms with E-state index in [0.29, 0.717) is 5.69 Å². The van der Waals surface area contributed by atoms with Crippen molar-refractivity contribution in [1.82, 2.24) is 9.59 Å². The Morgan fingerprint density at radius 2 is 2.55 bits per heavy atom. The molecule has 1 aromatic rings. The Morgan fingerprint density at radius 3 is 3.09 bits per heavy atom. The lowest BCUT2D eigenvalue weighted by atomic mass is 10.4. The minimum atomic E-state index is 0.287. The second-order valence-corrected chi connectivity index (χ2v) is 3.04. The lowest BCUT2D eigenvalue weighted by Crippen LogP contribution is -2.12. The molecule has 0 saturated heterocycles. The largest absolute Gasteiger partial charge is 0.388 e. The second kappa shape index (κ2) is 3.59. The average molecular weight is 188 g/mol. The van der Waals surface area contributed by atoms with Gasteiger partial charge in [0.15, 0.2) is 5.69 Å². The van der Waals surface area contributed by atoms with Crippen molar-refractivity contribution in [2.75, 3.05) is 11.9 Å². The Kier molecular flexibility index (Phi) is 2.72. The van der Waals surface area contributed by atoms with Crippen LogP contribution in [0.2, 0.25) is 0 Å². The molecule has 0 unspecified atom stereocenters. The fraction of sp³-hybridized carbons (Fsp3) is 0.400. The van der Waals surface area contributed by atoms with E-state index in [9.17, 15) is 0 Å². The third kappa shape index (κ3) is 1.84. The summed E-state index contributed by atoms with van der Waals surface area (Å²) in [5, 5.41) is 7.68. The first kappa shape index (κ1) is 8.35. The fourth-order valence-corrected chi connectivity index (χ4v) is 1.49. The van der Waals surface area contributed by atoms with Crippen molar-refractivity contribution in [2.45, 2.75) is 6.92 Å². The Morgan fingerprint density at radius 1 is 1.82 bits per heavy atom. The van der Waals surface area contributed by atoms with Crippen LogP contribution < -0.4 is 11.1 Å². The molecular formula is C5H8N4S2. The van der Waals surface area contributed by atoms with Gasteiger partial charge in [-0.1, -0.05) is 16.7 Å². The molecule has 0 aliphatic carbocycles. The standard InChI is InChI=1S/C5H8N4S2/c1-2-7-5-3(4(6)10)8-9-11-5/h7H,2H2,1H3,(H2,6,10). The number of thiocarbonyl (C=S) groups is 1. The molecule has 1 aromatic heterocycles. The van der Waals surface area contributed by atoms with Gasteiger partial charge in [0, 0.05) is 18.1 Å². The predicted octanol–water partition coefficient (Wildman–Crippen LogP) is 0.604. The van der Waals surface area contributed by atoms with Gasteiger partial charge in [-0.15, -0.1) is 5.10 Å². The van der Waals surface area contributed by atoms with E-state index in [1.54, 1.807) is 0 Å². The fourth-order valence-electron chi connectivity index (χ4n) is 0.628. The van der Waals surface area contributed by atoms with Crippen molar-refractivity contribution in [1.29, 1.82) is 0 Å². The van der Waals surface area contributed by atoms with Gasteiger partial charge in [0.2, 0.25) is 0 Å². The molecule has 0 spiro atoms. The molecule has 0 radical (unpaired) electrons. The molecule has 0 aliphatic rings. The Hall–Kier alpha value is -0.750. The lowest BCUT2D eigenvalue weighted by molar-refractivity contribution is 1.13. The Bertz CT molecular complexity index is 257. The molecule has 0 aliphatic heterocycles. The summed E-state index contributed by atoms with van der Waals surface area (Å²) in [5.41, 5.74) is 5.97. The van der Waals surface area contributed by atoms with Crippen LogP contribution in [0.3, 0.4) is 0 Å². The van der Waals surface area contributed by atoms with Gasteiger partial charge in [-0.05, 0) is 6.92 Å². The molecule has 6 heteroatoms. The van der Waals surface area contributed by atoms with Gasteiger partial charge in [0.05, 0.1) is 0 Å². The molecule has 1 heterocycles. The number of hydrogen-bond donors (Lipinski definition) is 2. The van der Waals surface area contributed by atoms with Crippen LogP contribution in [0.25, 0.3) is 0 Å². The first-order valence-electron chi connectivity index (χ1n) is 3.11. The summed E-state index contributed by atoms with van der Waals surface area (Å²) >= 11 is 6.02. The van der Waals surface area contributed by atoms with Crippen LogP contribution in [-0.4, -0.2) is 21.1 Å². The van der Waals surface area contributed by atoms with Crippen LogP contribution in [0.5, 0.6) is 0 Å². The number of hydrogen-bond acceptors (Lipinski definition) is 5. The van der Waals surface area contributed by atoms with E-state index in [-0.39, 0.29) is 4.99 Å². The lowest BCUT2D eigenvalue weighted by Gasteiger charge is -1.98. The van der Waals surface area contributed by atoms with Crippen LogP contribution in [0.4, 0.5) is 5.00 Å². The molecule has 11 heavy (non-hydrogen) atoms. The average Bonchev–Trinajstić information content (AvgIpc) is 2.36. The van der Waals surface area contributed by atoms with Crippen LogP contribution in [0, 0.1) is 0 Å². The summed E-state index contributed by atoms with van der Waals surface area (Å²) in [4.78, 5) is 0.287. The third-order valence-corrected chi connectivity index (χ3v) is 1.94. The first-order chi connectivity index (χ1) is 5.25. The Labute approximate surface area is 74.0 Å². The molecule has 60 valence electrons. The van der Waals surface area contributed by atoms with Crippen LogP contribution >= 0.6 is 23.8 Å². The van der Waals surface area contributed by atoms with E-state index in [0.717, 1.165) is 11.5 Å². The van der Waals surface area contributed by atoms with E-state index >= 15 is 0 Å². The maximum atomic E-state index is 5.38. The van der Waals surface area contributed by atoms with E-state index in [1.807, 2.05) is 6.92 Å². The van der Waals surface area contributed by atoms with E-state index in [1.165, 1.54) is 11.5 Å². The molecular weight excluding hydrogens is 180 g/mol. The zero-order valence-electron chi connectivity index (χ0n) is 6.00. The van der Waals surface area contributed by atoms with Crippen molar-refractivity contribution in [3.05, 3.63) is 5.69 Å². The van der Waals surface area contributed by atoms with Crippen LogP contribution in [-0.2, 0) is 0 Å². The number of rotatable bonds is 3. The van der Waals surface area contributed by atoms with Crippen molar-refractivity contribution in [2.24, 2.45) is 5.73 Å². The topological polar surface area (TPSA) is 63.8 Å². The normalized spacial score (nSPS) is 9.55. The number of nitrogens with one attached hydrogen (secondary N) is 1. The summed E-state index contributed by atoms with van der Waals surface area (Å²) in [5.74, 6) is 0. The van der Waals surface area contributed by atoms with E-state index in [2.05, 4.69) is 14.9 Å². The highest BCUT2D eigenvalue weighted by Gasteiger charge is 2.08. The molecule has 0 aromatic carbocycles. The molecule has 3 N–H and O–H groups in total. The van der Waals surface area contributed by atoms with Crippen molar-refractivity contribution in [3.8, 4) is 0 Å². The van der Waals surface area contributed by atoms with Gasteiger partial charge in [0.25, 0.3) is 0 Å². The number of anilines is 1. The highest BCUT2D eigenvalue weighted by molar-refractivity contribution is 7.80. The summed E-state index contributed by atoms with van der Waals surface area (Å²) < 4.78 is 3.72. The predicted molar refractivity (Wildman–Crippen MR) is 50.0 cm³/mol. The van der Waals surface area contributed by atoms with Gasteiger partial charge in [-0.2, -0.15) is 0 Å². The molecule has 4 nitrogen and oxygen atoms in total. The molecule has 1 rings (SSSR count). The van der Waals surface area contributed by atoms with Gasteiger partial charge in [0.1, 0.15) is 9.99 Å². The number of nitrogens with two attached hydrogens (primary N) is 1. The number of nitrogens with zero attached hydrogens (tertiary/aromatic N) is 2. The van der Waals surface area contributed by atoms with Gasteiger partial charge >= 0.3 is 0 Å². The molecule has 0 bridgehead atoms. The first-order valence-corrected chi connectivity index (χ1v) is 4.30. The monoisotopic (exact) mass is 188 g/mol. The minimum absolute atomic E-state index is 0.287. The third-order valence-electron chi connectivity index (χ3n) is 1.06. The second-order valence-electron chi connectivity index (χ2n) is 1.85. The molecule has 0 atom stereocenters. The zero-order chi connectivity index (χ0) is 8.27. The van der Waals surface area contributed by atoms with Crippen molar-refractivity contribution in [3.63, 3.8) is 0 Å². The van der Waals surface area contributed by atoms with E-state index in [4.69, 9.17) is 18.0 Å². The highest BCUT2D eigenvalue weighted by atomic mass is 32.1. The summed E-state index contributed by atoms with van der Waals surface area (Å²) in [7, 11) is 0. The molecule has 0 amide bonds. The summed E-state index contributed by atoms with van der Waals surface area (Å²) in [6.45, 7) is 2.81. The van der Waals surface area contributed by atoms with Crippen LogP contribution in [0.1, 0.15) is 12.6 Å². The maximum Gasteiger partial charge on any atom is 0.156 e. The zero-order valence-corrected chi connectivity index (χ0v) is 7.63. The maximum absolute atomic E-state index is 5.38. The highest BCUT2D eigenvalue weighted by Crippen LogP contribution is 2.16. The van der Waals surface area contributed by atoms with Gasteiger partial charge in [-0.25, -0.2) is 0 Å². The van der Waals surface area contributed by atoms with Crippen LogP contribution in [0.15, 0.2) is 0 Å². The number of aromatic nitrogens is 2. The van der Waals surface area contributed by atoms with Gasteiger partial charge in [-0.3, -0.25) is 0 Å². The SMILES string of the molecule is CCNc1snnc1C(N)=S. The molecule has 0 saturated carbocycles. The van der Waals surface area contributed by atoms with E-state index < -0.39 is 0 Å². The quantitative estimate of drug-likeness (QED) is 0.680. The smallest absolute Gasteiger partial charge is 0.156 e. The van der Waals surface area contributed by atoms with Gasteiger partial charge < -0.3 is 11.1 Å². The Balaban J connectivity index is 2.87.